The van der Waals surface area contributed by atoms with Gasteiger partial charge in [0.2, 0.25) is 0 Å². The molecule has 1 fully saturated rings. The molecule has 2 aromatic rings. The van der Waals surface area contributed by atoms with E-state index in [1.54, 1.807) is 13.4 Å². The average molecular weight is 525 g/mol. The molecule has 1 saturated heterocycles. The van der Waals surface area contributed by atoms with Gasteiger partial charge in [0, 0.05) is 39.6 Å². The van der Waals surface area contributed by atoms with E-state index in [0.29, 0.717) is 0 Å². The van der Waals surface area contributed by atoms with Crippen molar-refractivity contribution in [1.29, 1.82) is 0 Å². The van der Waals surface area contributed by atoms with Crippen LogP contribution < -0.4 is 10.6 Å². The Labute approximate surface area is 197 Å². The van der Waals surface area contributed by atoms with Gasteiger partial charge < -0.3 is 15.2 Å². The molecule has 1 aliphatic rings. The molecule has 0 atom stereocenters. The zero-order valence-corrected chi connectivity index (χ0v) is 20.6. The number of hydrogen-bond acceptors (Lipinski definition) is 4. The van der Waals surface area contributed by atoms with Crippen molar-refractivity contribution in [1.82, 2.24) is 30.3 Å². The van der Waals surface area contributed by atoms with Gasteiger partial charge in [0.25, 0.3) is 0 Å². The Morgan fingerprint density at radius 1 is 1.03 bits per heavy atom. The summed E-state index contributed by atoms with van der Waals surface area (Å²) in [5, 5.41) is 14.8. The smallest absolute Gasteiger partial charge is 0.191 e. The van der Waals surface area contributed by atoms with E-state index in [4.69, 9.17) is 0 Å². The van der Waals surface area contributed by atoms with E-state index in [1.807, 2.05) is 0 Å². The molecule has 0 spiro atoms. The van der Waals surface area contributed by atoms with E-state index in [2.05, 4.69) is 66.5 Å². The Balaban J connectivity index is 0.00000320. The minimum atomic E-state index is 0. The number of halogens is 1. The summed E-state index contributed by atoms with van der Waals surface area (Å²) in [6.45, 7) is 7.99. The first-order chi connectivity index (χ1) is 14.3. The van der Waals surface area contributed by atoms with E-state index in [9.17, 15) is 0 Å². The van der Waals surface area contributed by atoms with Crippen LogP contribution >= 0.6 is 24.0 Å². The second-order valence-corrected chi connectivity index (χ2v) is 7.65. The van der Waals surface area contributed by atoms with Gasteiger partial charge in [-0.3, -0.25) is 9.89 Å². The maximum absolute atomic E-state index is 4.32. The topological polar surface area (TPSA) is 70.4 Å². The lowest BCUT2D eigenvalue weighted by Crippen LogP contribution is -2.38. The van der Waals surface area contributed by atoms with Gasteiger partial charge in [-0.15, -0.1) is 34.2 Å². The minimum Gasteiger partial charge on any atom is -0.355 e. The highest BCUT2D eigenvalue weighted by Gasteiger charge is 2.09. The summed E-state index contributed by atoms with van der Waals surface area (Å²) in [5.41, 5.74) is 2.67. The van der Waals surface area contributed by atoms with Crippen LogP contribution in [-0.2, 0) is 26.1 Å². The van der Waals surface area contributed by atoms with Crippen molar-refractivity contribution < 1.29 is 0 Å². The zero-order chi connectivity index (χ0) is 20.3. The molecule has 166 valence electrons. The average Bonchev–Trinajstić information content (AvgIpc) is 3.05. The monoisotopic (exact) mass is 525 g/mol. The molecule has 0 aliphatic carbocycles. The van der Waals surface area contributed by atoms with Gasteiger partial charge in [0.15, 0.2) is 5.96 Å². The first kappa shape index (κ1) is 24.6. The quantitative estimate of drug-likeness (QED) is 0.315. The molecule has 1 aromatic carbocycles. The minimum absolute atomic E-state index is 0. The SMILES string of the molecule is CCc1nncn1CCNC(=NC)NCc1ccc(CN2CCCCCC2)cc1.I. The van der Waals surface area contributed by atoms with Crippen LogP contribution in [0.5, 0.6) is 0 Å². The maximum Gasteiger partial charge on any atom is 0.191 e. The largest absolute Gasteiger partial charge is 0.355 e. The summed E-state index contributed by atoms with van der Waals surface area (Å²) in [7, 11) is 1.80. The fourth-order valence-electron chi connectivity index (χ4n) is 3.76. The van der Waals surface area contributed by atoms with Crippen molar-refractivity contribution in [3.63, 3.8) is 0 Å². The lowest BCUT2D eigenvalue weighted by atomic mass is 10.1. The Morgan fingerprint density at radius 2 is 1.73 bits per heavy atom. The Bertz CT molecular complexity index is 749. The molecule has 3 rings (SSSR count). The van der Waals surface area contributed by atoms with Gasteiger partial charge >= 0.3 is 0 Å². The van der Waals surface area contributed by atoms with Crippen molar-refractivity contribution >= 4 is 29.9 Å². The zero-order valence-electron chi connectivity index (χ0n) is 18.3. The summed E-state index contributed by atoms with van der Waals surface area (Å²) in [6, 6.07) is 8.96. The molecule has 0 bridgehead atoms. The van der Waals surface area contributed by atoms with Crippen LogP contribution in [0.2, 0.25) is 0 Å². The third-order valence-corrected chi connectivity index (χ3v) is 5.47. The van der Waals surface area contributed by atoms with Crippen LogP contribution in [0.1, 0.15) is 49.6 Å². The normalized spacial score (nSPS) is 15.3. The predicted octanol–water partition coefficient (Wildman–Crippen LogP) is 3.20. The molecule has 0 saturated carbocycles. The highest BCUT2D eigenvalue weighted by Crippen LogP contribution is 2.13. The van der Waals surface area contributed by atoms with E-state index in [1.165, 1.54) is 49.9 Å². The first-order valence-corrected chi connectivity index (χ1v) is 10.9. The molecule has 2 N–H and O–H groups in total. The molecule has 0 radical (unpaired) electrons. The van der Waals surface area contributed by atoms with Crippen LogP contribution in [0.15, 0.2) is 35.6 Å². The van der Waals surface area contributed by atoms with Gasteiger partial charge in [-0.05, 0) is 37.1 Å². The molecule has 30 heavy (non-hydrogen) atoms. The summed E-state index contributed by atoms with van der Waals surface area (Å²) >= 11 is 0. The second kappa shape index (κ2) is 13.6. The molecular formula is C22H36IN7. The number of guanidine groups is 1. The number of aryl methyl sites for hydroxylation is 1. The highest BCUT2D eigenvalue weighted by molar-refractivity contribution is 14.0. The van der Waals surface area contributed by atoms with E-state index in [0.717, 1.165) is 44.4 Å². The second-order valence-electron chi connectivity index (χ2n) is 7.65. The number of rotatable bonds is 8. The molecule has 2 heterocycles. The van der Waals surface area contributed by atoms with Crippen molar-refractivity contribution in [2.24, 2.45) is 4.99 Å². The van der Waals surface area contributed by atoms with E-state index < -0.39 is 0 Å². The number of hydrogen-bond donors (Lipinski definition) is 2. The maximum atomic E-state index is 4.32. The fourth-order valence-corrected chi connectivity index (χ4v) is 3.76. The number of benzene rings is 1. The van der Waals surface area contributed by atoms with Crippen LogP contribution in [0.25, 0.3) is 0 Å². The number of aromatic nitrogens is 3. The van der Waals surface area contributed by atoms with Gasteiger partial charge in [-0.1, -0.05) is 44.0 Å². The van der Waals surface area contributed by atoms with Crippen LogP contribution in [0.3, 0.4) is 0 Å². The summed E-state index contributed by atoms with van der Waals surface area (Å²) in [6.07, 6.45) is 8.12. The van der Waals surface area contributed by atoms with Crippen molar-refractivity contribution in [2.75, 3.05) is 26.7 Å². The van der Waals surface area contributed by atoms with Crippen molar-refractivity contribution in [2.45, 2.75) is 58.7 Å². The van der Waals surface area contributed by atoms with Crippen LogP contribution in [0.4, 0.5) is 0 Å². The van der Waals surface area contributed by atoms with E-state index in [-0.39, 0.29) is 24.0 Å². The molecule has 0 amide bonds. The lowest BCUT2D eigenvalue weighted by Gasteiger charge is -2.20. The van der Waals surface area contributed by atoms with Gasteiger partial charge in [0.05, 0.1) is 0 Å². The third kappa shape index (κ3) is 7.86. The number of nitrogens with one attached hydrogen (secondary N) is 2. The molecule has 1 aliphatic heterocycles. The molecule has 1 aromatic heterocycles. The first-order valence-electron chi connectivity index (χ1n) is 10.9. The molecule has 8 heteroatoms. The predicted molar refractivity (Wildman–Crippen MR) is 133 cm³/mol. The molecule has 7 nitrogen and oxygen atoms in total. The van der Waals surface area contributed by atoms with Gasteiger partial charge in [-0.2, -0.15) is 0 Å². The third-order valence-electron chi connectivity index (χ3n) is 5.47. The Morgan fingerprint density at radius 3 is 2.40 bits per heavy atom. The summed E-state index contributed by atoms with van der Waals surface area (Å²) < 4.78 is 2.07. The summed E-state index contributed by atoms with van der Waals surface area (Å²) in [4.78, 5) is 6.90. The van der Waals surface area contributed by atoms with E-state index >= 15 is 0 Å². The van der Waals surface area contributed by atoms with Crippen LogP contribution in [0, 0.1) is 0 Å². The lowest BCUT2D eigenvalue weighted by molar-refractivity contribution is 0.277. The van der Waals surface area contributed by atoms with Crippen molar-refractivity contribution in [3.05, 3.63) is 47.5 Å². The Kier molecular flexibility index (Phi) is 11.1. The van der Waals surface area contributed by atoms with Gasteiger partial charge in [0.1, 0.15) is 12.2 Å². The fraction of sp³-hybridized carbons (Fsp3) is 0.591. The Hall–Kier alpha value is -1.68. The molecular weight excluding hydrogens is 489 g/mol. The summed E-state index contributed by atoms with van der Waals surface area (Å²) in [5.74, 6) is 1.82. The highest BCUT2D eigenvalue weighted by atomic mass is 127. The number of aliphatic imine (C=N–C) groups is 1. The number of likely N-dealkylation sites (tertiary alicyclic amines) is 1. The van der Waals surface area contributed by atoms with Crippen LogP contribution in [-0.4, -0.2) is 52.3 Å². The standard InChI is InChI=1S/C22H35N7.HI/c1-3-21-27-26-18-29(21)15-12-24-22(23-2)25-16-19-8-10-20(11-9-19)17-28-13-6-4-5-7-14-28;/h8-11,18H,3-7,12-17H2,1-2H3,(H2,23,24,25);1H. The van der Waals surface area contributed by atoms with Gasteiger partial charge in [-0.25, -0.2) is 0 Å². The number of nitrogens with zero attached hydrogens (tertiary/aromatic N) is 5. The molecule has 0 unspecified atom stereocenters. The van der Waals surface area contributed by atoms with Crippen molar-refractivity contribution in [3.8, 4) is 0 Å².